The van der Waals surface area contributed by atoms with Crippen LogP contribution in [0.4, 0.5) is 4.79 Å². The van der Waals surface area contributed by atoms with Crippen LogP contribution in [0.15, 0.2) is 48.2 Å². The van der Waals surface area contributed by atoms with Crippen molar-refractivity contribution in [2.75, 3.05) is 26.9 Å². The summed E-state index contributed by atoms with van der Waals surface area (Å²) in [6.45, 7) is 6.09. The van der Waals surface area contributed by atoms with Crippen molar-refractivity contribution in [3.8, 4) is 0 Å². The molecule has 1 atom stereocenters. The first kappa shape index (κ1) is 19.0. The first-order valence-corrected chi connectivity index (χ1v) is 8.18. The molecular weight excluding hydrogens is 344 g/mol. The first-order chi connectivity index (χ1) is 12.0. The van der Waals surface area contributed by atoms with Gasteiger partial charge in [0.05, 0.1) is 18.2 Å². The van der Waals surface area contributed by atoms with E-state index in [1.165, 1.54) is 12.0 Å². The van der Waals surface area contributed by atoms with E-state index in [0.717, 1.165) is 5.56 Å². The number of carbonyl (C=O) groups excluding carboxylic acids is 2. The summed E-state index contributed by atoms with van der Waals surface area (Å²) in [7, 11) is 1.53. The molecule has 7 heteroatoms. The number of carbonyl (C=O) groups is 2. The Balaban J connectivity index is 2.41. The number of hydrogen-bond acceptors (Lipinski definition) is 4. The van der Waals surface area contributed by atoms with Crippen molar-refractivity contribution in [2.45, 2.75) is 13.0 Å². The van der Waals surface area contributed by atoms with E-state index >= 15 is 0 Å². The lowest BCUT2D eigenvalue weighted by Crippen LogP contribution is -2.48. The second-order valence-electron chi connectivity index (χ2n) is 5.46. The summed E-state index contributed by atoms with van der Waals surface area (Å²) in [5.41, 5.74) is 1.65. The molecule has 0 unspecified atom stereocenters. The summed E-state index contributed by atoms with van der Waals surface area (Å²) in [6, 6.07) is 6.05. The van der Waals surface area contributed by atoms with Gasteiger partial charge in [0.2, 0.25) is 0 Å². The molecule has 1 aliphatic rings. The van der Waals surface area contributed by atoms with Gasteiger partial charge in [-0.3, -0.25) is 4.90 Å². The van der Waals surface area contributed by atoms with Gasteiger partial charge in [-0.1, -0.05) is 29.8 Å². The number of urea groups is 1. The topological polar surface area (TPSA) is 67.9 Å². The lowest BCUT2D eigenvalue weighted by Gasteiger charge is -2.34. The number of amides is 2. The summed E-state index contributed by atoms with van der Waals surface area (Å²) in [5.74, 6) is -0.497. The summed E-state index contributed by atoms with van der Waals surface area (Å²) >= 11 is 5.93. The number of hydrogen-bond donors (Lipinski definition) is 1. The molecule has 1 aliphatic heterocycles. The third-order valence-corrected chi connectivity index (χ3v) is 4.10. The number of nitrogens with zero attached hydrogens (tertiary/aromatic N) is 1. The van der Waals surface area contributed by atoms with Crippen molar-refractivity contribution in [3.63, 3.8) is 0 Å². The second kappa shape index (κ2) is 8.69. The van der Waals surface area contributed by atoms with Gasteiger partial charge in [0.15, 0.2) is 0 Å². The molecule has 0 saturated carbocycles. The van der Waals surface area contributed by atoms with Crippen molar-refractivity contribution in [1.29, 1.82) is 0 Å². The summed E-state index contributed by atoms with van der Waals surface area (Å²) in [6.07, 6.45) is 1.60. The monoisotopic (exact) mass is 364 g/mol. The van der Waals surface area contributed by atoms with Crippen LogP contribution < -0.4 is 5.32 Å². The predicted octanol–water partition coefficient (Wildman–Crippen LogP) is 3.06. The van der Waals surface area contributed by atoms with E-state index in [2.05, 4.69) is 11.9 Å². The normalized spacial score (nSPS) is 17.3. The third kappa shape index (κ3) is 4.41. The lowest BCUT2D eigenvalue weighted by molar-refractivity contribution is -0.140. The average Bonchev–Trinajstić information content (AvgIpc) is 2.59. The van der Waals surface area contributed by atoms with Gasteiger partial charge in [-0.05, 0) is 24.6 Å². The highest BCUT2D eigenvalue weighted by Gasteiger charge is 2.36. The molecule has 2 amide bonds. The molecule has 0 aromatic heterocycles. The largest absolute Gasteiger partial charge is 0.460 e. The minimum absolute atomic E-state index is 0.134. The molecule has 0 fully saturated rings. The van der Waals surface area contributed by atoms with E-state index in [-0.39, 0.29) is 12.6 Å². The van der Waals surface area contributed by atoms with Gasteiger partial charge in [0, 0.05) is 24.4 Å². The highest BCUT2D eigenvalue weighted by atomic mass is 35.5. The fourth-order valence-corrected chi connectivity index (χ4v) is 2.72. The van der Waals surface area contributed by atoms with Crippen LogP contribution >= 0.6 is 11.6 Å². The van der Waals surface area contributed by atoms with Gasteiger partial charge in [-0.25, -0.2) is 9.59 Å². The van der Waals surface area contributed by atoms with Crippen LogP contribution in [0, 0.1) is 0 Å². The molecule has 1 N–H and O–H groups in total. The summed E-state index contributed by atoms with van der Waals surface area (Å²) in [4.78, 5) is 26.5. The van der Waals surface area contributed by atoms with Gasteiger partial charge in [-0.15, -0.1) is 6.58 Å². The highest BCUT2D eigenvalue weighted by molar-refractivity contribution is 6.30. The van der Waals surface area contributed by atoms with Gasteiger partial charge < -0.3 is 14.8 Å². The Bertz CT molecular complexity index is 685. The average molecular weight is 365 g/mol. The van der Waals surface area contributed by atoms with Crippen LogP contribution in [-0.4, -0.2) is 43.8 Å². The zero-order valence-electron chi connectivity index (χ0n) is 14.3. The predicted molar refractivity (Wildman–Crippen MR) is 95.2 cm³/mol. The van der Waals surface area contributed by atoms with Gasteiger partial charge in [-0.2, -0.15) is 0 Å². The van der Waals surface area contributed by atoms with E-state index in [1.807, 2.05) is 0 Å². The van der Waals surface area contributed by atoms with Crippen molar-refractivity contribution < 1.29 is 19.1 Å². The number of halogens is 1. The zero-order chi connectivity index (χ0) is 18.4. The number of ether oxygens (including phenoxy) is 2. The van der Waals surface area contributed by atoms with Crippen LogP contribution in [0.1, 0.15) is 18.5 Å². The Morgan fingerprint density at radius 3 is 2.64 bits per heavy atom. The fourth-order valence-electron chi connectivity index (χ4n) is 2.60. The Kier molecular flexibility index (Phi) is 6.61. The molecule has 0 spiro atoms. The molecular formula is C18H21ClN2O4. The molecule has 2 rings (SSSR count). The van der Waals surface area contributed by atoms with Crippen molar-refractivity contribution in [2.24, 2.45) is 0 Å². The molecule has 1 heterocycles. The Labute approximate surface area is 152 Å². The quantitative estimate of drug-likeness (QED) is 0.458. The molecule has 1 aromatic carbocycles. The van der Waals surface area contributed by atoms with Crippen LogP contribution in [-0.2, 0) is 14.3 Å². The van der Waals surface area contributed by atoms with E-state index in [1.54, 1.807) is 37.3 Å². The Morgan fingerprint density at radius 2 is 2.04 bits per heavy atom. The van der Waals surface area contributed by atoms with Crippen LogP contribution in [0.3, 0.4) is 0 Å². The minimum Gasteiger partial charge on any atom is -0.460 e. The maximum absolute atomic E-state index is 12.6. The maximum Gasteiger partial charge on any atom is 0.338 e. The maximum atomic E-state index is 12.6. The van der Waals surface area contributed by atoms with Crippen molar-refractivity contribution in [1.82, 2.24) is 10.2 Å². The van der Waals surface area contributed by atoms with Crippen LogP contribution in [0.25, 0.3) is 0 Å². The standard InChI is InChI=1S/C18H21ClN2O4/c1-4-9-21-12(2)15(17(22)25-11-10-24-3)16(20-18(21)23)13-5-7-14(19)8-6-13/h4-8,16H,1,9-11H2,2-3H3,(H,20,23)/t16-/m1/s1. The van der Waals surface area contributed by atoms with E-state index in [4.69, 9.17) is 21.1 Å². The molecule has 0 radical (unpaired) electrons. The molecule has 25 heavy (non-hydrogen) atoms. The number of rotatable bonds is 7. The summed E-state index contributed by atoms with van der Waals surface area (Å²) < 4.78 is 10.2. The molecule has 0 bridgehead atoms. The summed E-state index contributed by atoms with van der Waals surface area (Å²) in [5, 5.41) is 3.42. The van der Waals surface area contributed by atoms with Crippen LogP contribution in [0.2, 0.25) is 5.02 Å². The lowest BCUT2D eigenvalue weighted by atomic mass is 9.95. The van der Waals surface area contributed by atoms with E-state index in [0.29, 0.717) is 29.4 Å². The van der Waals surface area contributed by atoms with Crippen LogP contribution in [0.5, 0.6) is 0 Å². The third-order valence-electron chi connectivity index (χ3n) is 3.85. The fraction of sp³-hybridized carbons (Fsp3) is 0.333. The molecule has 0 saturated heterocycles. The number of allylic oxidation sites excluding steroid dienone is 1. The SMILES string of the molecule is C=CCN1C(=O)N[C@H](c2ccc(Cl)cc2)C(C(=O)OCCOC)=C1C. The molecule has 0 aliphatic carbocycles. The van der Waals surface area contributed by atoms with Crippen molar-refractivity contribution >= 4 is 23.6 Å². The number of methoxy groups -OCH3 is 1. The minimum atomic E-state index is -0.610. The molecule has 134 valence electrons. The highest BCUT2D eigenvalue weighted by Crippen LogP contribution is 2.31. The number of nitrogens with one attached hydrogen (secondary N) is 1. The Hall–Kier alpha value is -2.31. The zero-order valence-corrected chi connectivity index (χ0v) is 15.0. The van der Waals surface area contributed by atoms with Crippen molar-refractivity contribution in [3.05, 3.63) is 58.8 Å². The Morgan fingerprint density at radius 1 is 1.36 bits per heavy atom. The van der Waals surface area contributed by atoms with Gasteiger partial charge in [0.1, 0.15) is 6.61 Å². The first-order valence-electron chi connectivity index (χ1n) is 7.80. The number of esters is 1. The smallest absolute Gasteiger partial charge is 0.338 e. The second-order valence-corrected chi connectivity index (χ2v) is 5.90. The number of benzene rings is 1. The molecule has 6 nitrogen and oxygen atoms in total. The van der Waals surface area contributed by atoms with Gasteiger partial charge in [0.25, 0.3) is 0 Å². The van der Waals surface area contributed by atoms with E-state index in [9.17, 15) is 9.59 Å². The van der Waals surface area contributed by atoms with E-state index < -0.39 is 12.0 Å². The molecule has 1 aromatic rings. The van der Waals surface area contributed by atoms with Gasteiger partial charge >= 0.3 is 12.0 Å².